The Balaban J connectivity index is 2.07. The van der Waals surface area contributed by atoms with Crippen molar-refractivity contribution in [2.24, 2.45) is 0 Å². The minimum absolute atomic E-state index is 0.695. The molecule has 1 heterocycles. The first kappa shape index (κ1) is 9.92. The summed E-state index contributed by atoms with van der Waals surface area (Å²) in [6.07, 6.45) is 4.63. The lowest BCUT2D eigenvalue weighted by Gasteiger charge is -2.04. The number of nitrogens with zero attached hydrogens (tertiary/aromatic N) is 2. The van der Waals surface area contributed by atoms with Crippen molar-refractivity contribution in [3.8, 4) is 0 Å². The molecule has 1 aromatic heterocycles. The van der Waals surface area contributed by atoms with Gasteiger partial charge in [-0.25, -0.2) is 9.97 Å². The van der Waals surface area contributed by atoms with Crippen molar-refractivity contribution in [1.82, 2.24) is 15.3 Å². The average molecular weight is 180 g/mol. The average Bonchev–Trinajstić information content (AvgIpc) is 2.19. The first-order valence-electron chi connectivity index (χ1n) is 4.65. The van der Waals surface area contributed by atoms with Gasteiger partial charge in [0.05, 0.1) is 0 Å². The number of nitrogens with one attached hydrogen (secondary N) is 2. The summed E-state index contributed by atoms with van der Waals surface area (Å²) in [5.74, 6) is 0.695. The highest BCUT2D eigenvalue weighted by molar-refractivity contribution is 5.21. The topological polar surface area (TPSA) is 49.8 Å². The summed E-state index contributed by atoms with van der Waals surface area (Å²) in [5.41, 5.74) is 0. The SMILES string of the molecule is CCCNCCNc1ncccn1. The molecule has 4 nitrogen and oxygen atoms in total. The first-order chi connectivity index (χ1) is 6.43. The zero-order chi connectivity index (χ0) is 9.36. The van der Waals surface area contributed by atoms with E-state index in [0.29, 0.717) is 5.95 Å². The van der Waals surface area contributed by atoms with Crippen LogP contribution in [0.5, 0.6) is 0 Å². The van der Waals surface area contributed by atoms with E-state index in [4.69, 9.17) is 0 Å². The van der Waals surface area contributed by atoms with Crippen molar-refractivity contribution in [1.29, 1.82) is 0 Å². The fourth-order valence-corrected chi connectivity index (χ4v) is 0.955. The number of rotatable bonds is 6. The molecule has 0 unspecified atom stereocenters. The predicted molar refractivity (Wildman–Crippen MR) is 53.7 cm³/mol. The lowest BCUT2D eigenvalue weighted by atomic mass is 10.5. The van der Waals surface area contributed by atoms with Crippen LogP contribution in [-0.2, 0) is 0 Å². The van der Waals surface area contributed by atoms with Crippen LogP contribution < -0.4 is 10.6 Å². The number of anilines is 1. The molecule has 0 spiro atoms. The van der Waals surface area contributed by atoms with Crippen LogP contribution in [0.1, 0.15) is 13.3 Å². The second-order valence-electron chi connectivity index (χ2n) is 2.75. The van der Waals surface area contributed by atoms with Gasteiger partial charge in [-0.2, -0.15) is 0 Å². The van der Waals surface area contributed by atoms with Crippen LogP contribution in [0.25, 0.3) is 0 Å². The summed E-state index contributed by atoms with van der Waals surface area (Å²) in [7, 11) is 0. The summed E-state index contributed by atoms with van der Waals surface area (Å²) >= 11 is 0. The number of hydrogen-bond donors (Lipinski definition) is 2. The monoisotopic (exact) mass is 180 g/mol. The minimum Gasteiger partial charge on any atom is -0.353 e. The van der Waals surface area contributed by atoms with Crippen LogP contribution in [0.4, 0.5) is 5.95 Å². The van der Waals surface area contributed by atoms with Gasteiger partial charge in [0.2, 0.25) is 5.95 Å². The fourth-order valence-electron chi connectivity index (χ4n) is 0.955. The molecule has 0 saturated carbocycles. The minimum atomic E-state index is 0.695. The van der Waals surface area contributed by atoms with Gasteiger partial charge in [0, 0.05) is 25.5 Å². The molecule has 13 heavy (non-hydrogen) atoms. The van der Waals surface area contributed by atoms with E-state index in [2.05, 4.69) is 27.5 Å². The van der Waals surface area contributed by atoms with E-state index in [1.54, 1.807) is 18.5 Å². The van der Waals surface area contributed by atoms with E-state index in [1.807, 2.05) is 0 Å². The smallest absolute Gasteiger partial charge is 0.222 e. The number of aromatic nitrogens is 2. The molecule has 0 fully saturated rings. The zero-order valence-electron chi connectivity index (χ0n) is 7.95. The third-order valence-electron chi connectivity index (χ3n) is 1.58. The highest BCUT2D eigenvalue weighted by Crippen LogP contribution is 1.91. The van der Waals surface area contributed by atoms with Crippen LogP contribution in [0, 0.1) is 0 Å². The van der Waals surface area contributed by atoms with E-state index >= 15 is 0 Å². The van der Waals surface area contributed by atoms with Crippen molar-refractivity contribution >= 4 is 5.95 Å². The van der Waals surface area contributed by atoms with Gasteiger partial charge in [0.25, 0.3) is 0 Å². The standard InChI is InChI=1S/C9H16N4/c1-2-4-10-7-8-13-9-11-5-3-6-12-9/h3,5-6,10H,2,4,7-8H2,1H3,(H,11,12,13). The third-order valence-corrected chi connectivity index (χ3v) is 1.58. The van der Waals surface area contributed by atoms with Crippen LogP contribution in [0.3, 0.4) is 0 Å². The summed E-state index contributed by atoms with van der Waals surface area (Å²) < 4.78 is 0. The molecule has 0 radical (unpaired) electrons. The maximum absolute atomic E-state index is 4.05. The summed E-state index contributed by atoms with van der Waals surface area (Å²) in [6.45, 7) is 5.04. The molecule has 0 aromatic carbocycles. The van der Waals surface area contributed by atoms with Crippen molar-refractivity contribution in [3.63, 3.8) is 0 Å². The molecule has 0 aliphatic rings. The van der Waals surface area contributed by atoms with Crippen molar-refractivity contribution < 1.29 is 0 Å². The first-order valence-corrected chi connectivity index (χ1v) is 4.65. The second-order valence-corrected chi connectivity index (χ2v) is 2.75. The summed E-state index contributed by atoms with van der Waals surface area (Å²) in [4.78, 5) is 8.09. The molecular weight excluding hydrogens is 164 g/mol. The molecule has 0 bridgehead atoms. The highest BCUT2D eigenvalue weighted by Gasteiger charge is 1.90. The van der Waals surface area contributed by atoms with Crippen LogP contribution in [0.15, 0.2) is 18.5 Å². The van der Waals surface area contributed by atoms with Crippen LogP contribution >= 0.6 is 0 Å². The fraction of sp³-hybridized carbons (Fsp3) is 0.556. The van der Waals surface area contributed by atoms with Gasteiger partial charge in [-0.3, -0.25) is 0 Å². The summed E-state index contributed by atoms with van der Waals surface area (Å²) in [5, 5.41) is 6.41. The van der Waals surface area contributed by atoms with Crippen LogP contribution in [0.2, 0.25) is 0 Å². The van der Waals surface area contributed by atoms with Gasteiger partial charge in [-0.05, 0) is 19.0 Å². The molecule has 4 heteroatoms. The highest BCUT2D eigenvalue weighted by atomic mass is 15.1. The Morgan fingerprint density at radius 3 is 2.62 bits per heavy atom. The number of hydrogen-bond acceptors (Lipinski definition) is 4. The lowest BCUT2D eigenvalue weighted by Crippen LogP contribution is -2.23. The molecule has 2 N–H and O–H groups in total. The predicted octanol–water partition coefficient (Wildman–Crippen LogP) is 0.888. The Morgan fingerprint density at radius 1 is 1.15 bits per heavy atom. The second kappa shape index (κ2) is 6.37. The van der Waals surface area contributed by atoms with Gasteiger partial charge in [-0.15, -0.1) is 0 Å². The lowest BCUT2D eigenvalue weighted by molar-refractivity contribution is 0.686. The van der Waals surface area contributed by atoms with E-state index in [1.165, 1.54) is 6.42 Å². The van der Waals surface area contributed by atoms with E-state index in [-0.39, 0.29) is 0 Å². The molecule has 72 valence electrons. The van der Waals surface area contributed by atoms with Crippen molar-refractivity contribution in [3.05, 3.63) is 18.5 Å². The van der Waals surface area contributed by atoms with Crippen molar-refractivity contribution in [2.45, 2.75) is 13.3 Å². The zero-order valence-corrected chi connectivity index (χ0v) is 7.95. The Morgan fingerprint density at radius 2 is 1.92 bits per heavy atom. The Hall–Kier alpha value is -1.16. The Bertz CT molecular complexity index is 212. The molecule has 1 rings (SSSR count). The normalized spacial score (nSPS) is 9.92. The van der Waals surface area contributed by atoms with E-state index < -0.39 is 0 Å². The maximum Gasteiger partial charge on any atom is 0.222 e. The Labute approximate surface area is 78.8 Å². The quantitative estimate of drug-likeness (QED) is 0.638. The van der Waals surface area contributed by atoms with Gasteiger partial charge in [-0.1, -0.05) is 6.92 Å². The Kier molecular flexibility index (Phi) is 4.86. The van der Waals surface area contributed by atoms with Gasteiger partial charge in [0.15, 0.2) is 0 Å². The van der Waals surface area contributed by atoms with Gasteiger partial charge < -0.3 is 10.6 Å². The molecular formula is C9H16N4. The molecule has 1 aromatic rings. The molecule has 0 atom stereocenters. The maximum atomic E-state index is 4.05. The molecule has 0 aliphatic heterocycles. The molecule has 0 amide bonds. The summed E-state index contributed by atoms with van der Waals surface area (Å²) in [6, 6.07) is 1.81. The molecule has 0 aliphatic carbocycles. The largest absolute Gasteiger partial charge is 0.353 e. The van der Waals surface area contributed by atoms with E-state index in [0.717, 1.165) is 19.6 Å². The van der Waals surface area contributed by atoms with Crippen LogP contribution in [-0.4, -0.2) is 29.6 Å². The van der Waals surface area contributed by atoms with E-state index in [9.17, 15) is 0 Å². The third kappa shape index (κ3) is 4.42. The molecule has 0 saturated heterocycles. The van der Waals surface area contributed by atoms with Gasteiger partial charge in [0.1, 0.15) is 0 Å². The van der Waals surface area contributed by atoms with Crippen molar-refractivity contribution in [2.75, 3.05) is 25.0 Å². The van der Waals surface area contributed by atoms with Gasteiger partial charge >= 0.3 is 0 Å².